The third-order valence-corrected chi connectivity index (χ3v) is 8.05. The smallest absolute Gasteiger partial charge is 0.149 e. The fourth-order valence-electron chi connectivity index (χ4n) is 6.03. The molecule has 0 aliphatic carbocycles. The van der Waals surface area contributed by atoms with Gasteiger partial charge in [-0.2, -0.15) is 0 Å². The summed E-state index contributed by atoms with van der Waals surface area (Å²) >= 11 is 0. The van der Waals surface area contributed by atoms with Crippen molar-refractivity contribution in [1.82, 2.24) is 9.55 Å². The van der Waals surface area contributed by atoms with Crippen molar-refractivity contribution in [3.05, 3.63) is 120 Å². The first kappa shape index (κ1) is 20.3. The highest BCUT2D eigenvalue weighted by Crippen LogP contribution is 2.42. The van der Waals surface area contributed by atoms with E-state index in [0.29, 0.717) is 22.3 Å². The first-order valence-corrected chi connectivity index (χ1v) is 14.1. The Morgan fingerprint density at radius 1 is 0.707 bits per heavy atom. The standard InChI is InChI=1S/C38H34N2O/c1-23(2)27-15-11-16-28(24(3)4)35(27)40-34-20-10-9-19-33(34)39-38(40)32-18-12-17-30-31-22-21-29(26-13-7-6-8-14-26)25(5)36(31)41-37(30)32/h6-24H,1-5H3/i6D,7D,8D,13D,14D. The van der Waals surface area contributed by atoms with Crippen LogP contribution in [-0.4, -0.2) is 9.55 Å². The number of fused-ring (bicyclic) bond motifs is 4. The number of aryl methyl sites for hydroxylation is 1. The predicted octanol–water partition coefficient (Wildman–Crippen LogP) is 10.8. The van der Waals surface area contributed by atoms with E-state index < -0.39 is 6.04 Å². The Morgan fingerprint density at radius 3 is 2.12 bits per heavy atom. The Kier molecular flexibility index (Phi) is 4.84. The van der Waals surface area contributed by atoms with Crippen LogP contribution in [0.25, 0.3) is 61.2 Å². The minimum atomic E-state index is -0.409. The molecule has 7 rings (SSSR count). The zero-order valence-corrected chi connectivity index (χ0v) is 23.9. The molecule has 2 aromatic heterocycles. The van der Waals surface area contributed by atoms with E-state index in [-0.39, 0.29) is 41.6 Å². The van der Waals surface area contributed by atoms with Crippen LogP contribution in [0.3, 0.4) is 0 Å². The van der Waals surface area contributed by atoms with Gasteiger partial charge in [0.2, 0.25) is 0 Å². The first-order valence-electron chi connectivity index (χ1n) is 16.6. The maximum absolute atomic E-state index is 8.57. The first-order chi connectivity index (χ1) is 22.0. The largest absolute Gasteiger partial charge is 0.455 e. The van der Waals surface area contributed by atoms with Crippen molar-refractivity contribution in [3.63, 3.8) is 0 Å². The van der Waals surface area contributed by atoms with Gasteiger partial charge in [0.15, 0.2) is 0 Å². The molecule has 0 unspecified atom stereocenters. The number of benzene rings is 5. The average molecular weight is 540 g/mol. The van der Waals surface area contributed by atoms with Crippen LogP contribution in [0, 0.1) is 6.92 Å². The molecular formula is C38H34N2O. The van der Waals surface area contributed by atoms with E-state index in [1.807, 2.05) is 55.5 Å². The second kappa shape index (κ2) is 9.78. The lowest BCUT2D eigenvalue weighted by molar-refractivity contribution is 0.666. The molecule has 0 fully saturated rings. The van der Waals surface area contributed by atoms with Gasteiger partial charge in [0.05, 0.1) is 29.1 Å². The maximum Gasteiger partial charge on any atom is 0.149 e. The Balaban J connectivity index is 1.55. The van der Waals surface area contributed by atoms with E-state index in [9.17, 15) is 0 Å². The fraction of sp³-hybridized carbons (Fsp3) is 0.184. The van der Waals surface area contributed by atoms with Crippen molar-refractivity contribution in [2.45, 2.75) is 46.5 Å². The van der Waals surface area contributed by atoms with Gasteiger partial charge in [-0.25, -0.2) is 4.98 Å². The van der Waals surface area contributed by atoms with E-state index >= 15 is 0 Å². The van der Waals surface area contributed by atoms with Crippen LogP contribution in [0.4, 0.5) is 0 Å². The van der Waals surface area contributed by atoms with Crippen molar-refractivity contribution >= 4 is 33.0 Å². The van der Waals surface area contributed by atoms with Crippen LogP contribution < -0.4 is 0 Å². The summed E-state index contributed by atoms with van der Waals surface area (Å²) in [5, 5.41) is 1.81. The molecule has 0 atom stereocenters. The van der Waals surface area contributed by atoms with Gasteiger partial charge in [-0.3, -0.25) is 4.57 Å². The van der Waals surface area contributed by atoms with E-state index in [4.69, 9.17) is 16.3 Å². The van der Waals surface area contributed by atoms with Crippen molar-refractivity contribution in [2.24, 2.45) is 0 Å². The SMILES string of the molecule is [2H]c1c([2H])c([2H])c(-c2ccc3c(oc4c(-c5nc6ccccc6n5-c5c(C(C)C)cccc5C(C)C)cccc43)c2C)c([2H])c1[2H]. The highest BCUT2D eigenvalue weighted by molar-refractivity contribution is 6.11. The van der Waals surface area contributed by atoms with Gasteiger partial charge in [-0.05, 0) is 65.3 Å². The average Bonchev–Trinajstić information content (AvgIpc) is 3.62. The third kappa shape index (κ3) is 3.99. The lowest BCUT2D eigenvalue weighted by Crippen LogP contribution is -2.08. The molecule has 41 heavy (non-hydrogen) atoms. The van der Waals surface area contributed by atoms with Crippen molar-refractivity contribution in [3.8, 4) is 28.2 Å². The Bertz CT molecular complexity index is 2290. The number of hydrogen-bond donors (Lipinski definition) is 0. The molecule has 0 radical (unpaired) electrons. The van der Waals surface area contributed by atoms with E-state index in [1.54, 1.807) is 0 Å². The highest BCUT2D eigenvalue weighted by Gasteiger charge is 2.24. The minimum Gasteiger partial charge on any atom is -0.455 e. The van der Waals surface area contributed by atoms with Gasteiger partial charge in [-0.15, -0.1) is 0 Å². The molecule has 0 N–H and O–H groups in total. The second-order valence-corrected chi connectivity index (χ2v) is 11.3. The van der Waals surface area contributed by atoms with Crippen LogP contribution in [0.15, 0.2) is 107 Å². The Morgan fingerprint density at radius 2 is 1.39 bits per heavy atom. The molecule has 0 bridgehead atoms. The predicted molar refractivity (Wildman–Crippen MR) is 172 cm³/mol. The summed E-state index contributed by atoms with van der Waals surface area (Å²) in [6.45, 7) is 10.8. The van der Waals surface area contributed by atoms with Gasteiger partial charge >= 0.3 is 0 Å². The van der Waals surface area contributed by atoms with E-state index in [0.717, 1.165) is 38.9 Å². The summed E-state index contributed by atoms with van der Waals surface area (Å²) < 4.78 is 50.6. The highest BCUT2D eigenvalue weighted by atomic mass is 16.3. The Labute approximate surface area is 248 Å². The summed E-state index contributed by atoms with van der Waals surface area (Å²) in [4.78, 5) is 5.21. The quantitative estimate of drug-likeness (QED) is 0.218. The molecule has 5 aromatic carbocycles. The number of furan rings is 1. The zero-order chi connectivity index (χ0) is 32.6. The number of aromatic nitrogens is 2. The van der Waals surface area contributed by atoms with Gasteiger partial charge in [0.1, 0.15) is 17.0 Å². The van der Waals surface area contributed by atoms with Crippen molar-refractivity contribution < 1.29 is 11.3 Å². The molecule has 0 aliphatic heterocycles. The molecule has 202 valence electrons. The molecule has 3 heteroatoms. The minimum absolute atomic E-state index is 0.166. The third-order valence-electron chi connectivity index (χ3n) is 8.05. The monoisotopic (exact) mass is 539 g/mol. The number of hydrogen-bond acceptors (Lipinski definition) is 2. The molecule has 0 saturated heterocycles. The van der Waals surface area contributed by atoms with Crippen molar-refractivity contribution in [1.29, 1.82) is 0 Å². The van der Waals surface area contributed by atoms with Crippen LogP contribution in [-0.2, 0) is 0 Å². The summed E-state index contributed by atoms with van der Waals surface area (Å²) in [5.74, 6) is 1.35. The molecule has 0 amide bonds. The molecule has 0 spiro atoms. The zero-order valence-electron chi connectivity index (χ0n) is 28.9. The molecular weight excluding hydrogens is 500 g/mol. The van der Waals surface area contributed by atoms with Crippen LogP contribution in [0.5, 0.6) is 0 Å². The molecule has 0 aliphatic rings. The number of nitrogens with zero attached hydrogens (tertiary/aromatic N) is 2. The number of para-hydroxylation sites is 4. The lowest BCUT2D eigenvalue weighted by atomic mass is 9.92. The molecule has 3 nitrogen and oxygen atoms in total. The molecule has 2 heterocycles. The van der Waals surface area contributed by atoms with Gasteiger partial charge in [0.25, 0.3) is 0 Å². The number of rotatable bonds is 5. The van der Waals surface area contributed by atoms with Crippen LogP contribution in [0.2, 0.25) is 0 Å². The fourth-order valence-corrected chi connectivity index (χ4v) is 6.03. The van der Waals surface area contributed by atoms with Crippen LogP contribution in [0.1, 0.15) is 63.1 Å². The van der Waals surface area contributed by atoms with E-state index in [2.05, 4.69) is 56.5 Å². The second-order valence-electron chi connectivity index (χ2n) is 11.3. The van der Waals surface area contributed by atoms with Crippen LogP contribution >= 0.6 is 0 Å². The normalized spacial score (nSPS) is 13.7. The maximum atomic E-state index is 8.57. The molecule has 7 aromatic rings. The van der Waals surface area contributed by atoms with Crippen molar-refractivity contribution in [2.75, 3.05) is 0 Å². The Hall–Kier alpha value is -4.63. The van der Waals surface area contributed by atoms with E-state index in [1.165, 1.54) is 11.1 Å². The summed E-state index contributed by atoms with van der Waals surface area (Å²) in [6, 6.07) is 23.0. The molecule has 0 saturated carbocycles. The van der Waals surface area contributed by atoms with Gasteiger partial charge < -0.3 is 4.42 Å². The topological polar surface area (TPSA) is 31.0 Å². The van der Waals surface area contributed by atoms with Gasteiger partial charge in [0, 0.05) is 16.3 Å². The lowest BCUT2D eigenvalue weighted by Gasteiger charge is -2.22. The summed E-state index contributed by atoms with van der Waals surface area (Å²) in [7, 11) is 0. The summed E-state index contributed by atoms with van der Waals surface area (Å²) in [5.41, 5.74) is 9.09. The summed E-state index contributed by atoms with van der Waals surface area (Å²) in [6.07, 6.45) is 0. The van der Waals surface area contributed by atoms with Gasteiger partial charge in [-0.1, -0.05) is 106 Å². The number of imidazole rings is 1.